The summed E-state index contributed by atoms with van der Waals surface area (Å²) in [7, 11) is 0. The van der Waals surface area contributed by atoms with Crippen LogP contribution in [0.2, 0.25) is 0 Å². The number of fused-ring (bicyclic) bond motifs is 5. The lowest BCUT2D eigenvalue weighted by molar-refractivity contribution is 0.0466. The molecule has 0 unspecified atom stereocenters. The highest BCUT2D eigenvalue weighted by Gasteiger charge is 2.43. The van der Waals surface area contributed by atoms with Gasteiger partial charge >= 0.3 is 0 Å². The van der Waals surface area contributed by atoms with Gasteiger partial charge in [0.25, 0.3) is 11.8 Å². The van der Waals surface area contributed by atoms with Gasteiger partial charge in [0, 0.05) is 19.6 Å². The summed E-state index contributed by atoms with van der Waals surface area (Å²) in [4.78, 5) is 22.5. The normalized spacial score (nSPS) is 16.6. The Bertz CT molecular complexity index is 1220. The van der Waals surface area contributed by atoms with E-state index in [1.165, 1.54) is 22.5 Å². The van der Waals surface area contributed by atoms with Gasteiger partial charge in [-0.1, -0.05) is 23.3 Å². The van der Waals surface area contributed by atoms with Gasteiger partial charge in [0.05, 0.1) is 24.0 Å². The molecular formula is C24H28N6O2S. The van der Waals surface area contributed by atoms with Crippen molar-refractivity contribution < 1.29 is 9.21 Å². The summed E-state index contributed by atoms with van der Waals surface area (Å²) in [5.41, 5.74) is 5.04. The molecule has 2 aliphatic rings. The van der Waals surface area contributed by atoms with E-state index in [4.69, 9.17) is 4.42 Å². The van der Waals surface area contributed by atoms with Gasteiger partial charge in [0.1, 0.15) is 11.2 Å². The highest BCUT2D eigenvalue weighted by molar-refractivity contribution is 7.12. The number of carbonyl (C=O) groups excluding carboxylic acids is 1. The summed E-state index contributed by atoms with van der Waals surface area (Å²) < 4.78 is 8.12. The van der Waals surface area contributed by atoms with Crippen molar-refractivity contribution in [2.75, 3.05) is 19.6 Å². The molecule has 0 aromatic carbocycles. The molecular weight excluding hydrogens is 436 g/mol. The highest BCUT2D eigenvalue weighted by atomic mass is 32.1. The van der Waals surface area contributed by atoms with Gasteiger partial charge in [-0.05, 0) is 45.6 Å². The number of thiophene rings is 1. The number of allylic oxidation sites excluding steroid dienone is 2. The topological polar surface area (TPSA) is 80.3 Å². The van der Waals surface area contributed by atoms with Crippen LogP contribution >= 0.6 is 11.3 Å². The van der Waals surface area contributed by atoms with Crippen LogP contribution in [-0.2, 0) is 6.54 Å². The number of imidazole rings is 1. The quantitative estimate of drug-likeness (QED) is 0.475. The van der Waals surface area contributed by atoms with Gasteiger partial charge in [-0.3, -0.25) is 14.3 Å². The lowest BCUT2D eigenvalue weighted by Gasteiger charge is -2.39. The Morgan fingerprint density at radius 3 is 2.64 bits per heavy atom. The number of rotatable bonds is 7. The summed E-state index contributed by atoms with van der Waals surface area (Å²) in [5.74, 6) is 1.05. The highest BCUT2D eigenvalue weighted by Crippen LogP contribution is 2.44. The second-order valence-corrected chi connectivity index (χ2v) is 9.96. The van der Waals surface area contributed by atoms with Crippen molar-refractivity contribution in [1.82, 2.24) is 29.5 Å². The number of hydrogen-bond donors (Lipinski definition) is 0. The minimum Gasteiger partial charge on any atom is -0.418 e. The van der Waals surface area contributed by atoms with Crippen LogP contribution in [0.4, 0.5) is 0 Å². The van der Waals surface area contributed by atoms with Crippen molar-refractivity contribution in [3.05, 3.63) is 57.5 Å². The number of nitrogens with zero attached hydrogens (tertiary/aromatic N) is 6. The Labute approximate surface area is 197 Å². The second kappa shape index (κ2) is 8.72. The van der Waals surface area contributed by atoms with E-state index in [0.717, 1.165) is 42.3 Å². The molecule has 1 fully saturated rings. The zero-order chi connectivity index (χ0) is 23.1. The van der Waals surface area contributed by atoms with E-state index in [1.54, 1.807) is 6.33 Å². The average Bonchev–Trinajstić information content (AvgIpc) is 3.47. The maximum Gasteiger partial charge on any atom is 0.268 e. The Balaban J connectivity index is 1.44. The van der Waals surface area contributed by atoms with Crippen molar-refractivity contribution in [1.29, 1.82) is 0 Å². The molecule has 5 heterocycles. The molecule has 3 aromatic heterocycles. The maximum atomic E-state index is 13.0. The van der Waals surface area contributed by atoms with Crippen LogP contribution in [0, 0.1) is 0 Å². The van der Waals surface area contributed by atoms with Crippen LogP contribution in [0.3, 0.4) is 0 Å². The Hall–Kier alpha value is -3.04. The van der Waals surface area contributed by atoms with Crippen molar-refractivity contribution in [2.45, 2.75) is 46.7 Å². The lowest BCUT2D eigenvalue weighted by Crippen LogP contribution is -2.44. The SMILES string of the molecule is CC(C)=CCN(CC=C(C)C)Cc1nnc(-c2ncn3c2[C@@H]2CCN2C(=O)c2sccc2-3)o1. The molecule has 2 aliphatic heterocycles. The third-order valence-corrected chi connectivity index (χ3v) is 6.93. The van der Waals surface area contributed by atoms with Gasteiger partial charge < -0.3 is 9.32 Å². The monoisotopic (exact) mass is 464 g/mol. The van der Waals surface area contributed by atoms with Gasteiger partial charge in [-0.25, -0.2) is 4.98 Å². The second-order valence-electron chi connectivity index (χ2n) is 9.04. The number of carbonyl (C=O) groups is 1. The summed E-state index contributed by atoms with van der Waals surface area (Å²) in [6.45, 7) is 11.3. The van der Waals surface area contributed by atoms with E-state index in [9.17, 15) is 4.79 Å². The molecule has 1 saturated heterocycles. The number of amides is 1. The van der Waals surface area contributed by atoms with E-state index < -0.39 is 0 Å². The first kappa shape index (κ1) is 21.8. The minimum atomic E-state index is -0.0169. The first-order valence-corrected chi connectivity index (χ1v) is 12.1. The Morgan fingerprint density at radius 1 is 1.21 bits per heavy atom. The predicted octanol–water partition coefficient (Wildman–Crippen LogP) is 4.62. The first-order valence-electron chi connectivity index (χ1n) is 11.2. The Morgan fingerprint density at radius 2 is 1.97 bits per heavy atom. The molecule has 1 amide bonds. The van der Waals surface area contributed by atoms with Crippen LogP contribution in [0.1, 0.15) is 61.4 Å². The molecule has 0 spiro atoms. The van der Waals surface area contributed by atoms with Crippen LogP contribution in [0.15, 0.2) is 45.5 Å². The first-order chi connectivity index (χ1) is 15.9. The maximum absolute atomic E-state index is 13.0. The molecule has 0 aliphatic carbocycles. The average molecular weight is 465 g/mol. The molecule has 172 valence electrons. The molecule has 0 saturated carbocycles. The van der Waals surface area contributed by atoms with E-state index in [1.807, 2.05) is 20.9 Å². The third-order valence-electron chi connectivity index (χ3n) is 6.04. The van der Waals surface area contributed by atoms with Crippen LogP contribution < -0.4 is 0 Å². The Kier molecular flexibility index (Phi) is 5.76. The van der Waals surface area contributed by atoms with Crippen molar-refractivity contribution in [2.24, 2.45) is 0 Å². The van der Waals surface area contributed by atoms with Crippen LogP contribution in [-0.4, -0.2) is 55.1 Å². The molecule has 5 rings (SSSR count). The largest absolute Gasteiger partial charge is 0.418 e. The molecule has 1 atom stereocenters. The van der Waals surface area contributed by atoms with Gasteiger partial charge in [0.2, 0.25) is 5.89 Å². The minimum absolute atomic E-state index is 0.0169. The molecule has 0 radical (unpaired) electrons. The molecule has 8 nitrogen and oxygen atoms in total. The number of aromatic nitrogens is 4. The van der Waals surface area contributed by atoms with E-state index in [0.29, 0.717) is 24.0 Å². The van der Waals surface area contributed by atoms with Crippen molar-refractivity contribution in [3.63, 3.8) is 0 Å². The fourth-order valence-corrected chi connectivity index (χ4v) is 5.00. The van der Waals surface area contributed by atoms with E-state index in [-0.39, 0.29) is 11.9 Å². The zero-order valence-electron chi connectivity index (χ0n) is 19.4. The fraction of sp³-hybridized carbons (Fsp3) is 0.417. The molecule has 33 heavy (non-hydrogen) atoms. The summed E-state index contributed by atoms with van der Waals surface area (Å²) in [6.07, 6.45) is 7.07. The fourth-order valence-electron chi connectivity index (χ4n) is 4.16. The van der Waals surface area contributed by atoms with E-state index in [2.05, 4.69) is 59.9 Å². The predicted molar refractivity (Wildman–Crippen MR) is 127 cm³/mol. The van der Waals surface area contributed by atoms with Gasteiger partial charge in [0.15, 0.2) is 5.69 Å². The smallest absolute Gasteiger partial charge is 0.268 e. The summed E-state index contributed by atoms with van der Waals surface area (Å²) in [6, 6.07) is 1.96. The van der Waals surface area contributed by atoms with Crippen molar-refractivity contribution >= 4 is 17.2 Å². The van der Waals surface area contributed by atoms with E-state index >= 15 is 0 Å². The van der Waals surface area contributed by atoms with Gasteiger partial charge in [-0.2, -0.15) is 0 Å². The van der Waals surface area contributed by atoms with Gasteiger partial charge in [-0.15, -0.1) is 21.5 Å². The molecule has 9 heteroatoms. The van der Waals surface area contributed by atoms with Crippen LogP contribution in [0.5, 0.6) is 0 Å². The lowest BCUT2D eigenvalue weighted by atomic mass is 9.98. The van der Waals surface area contributed by atoms with Crippen LogP contribution in [0.25, 0.3) is 17.3 Å². The summed E-state index contributed by atoms with van der Waals surface area (Å²) >= 11 is 1.47. The molecule has 0 N–H and O–H groups in total. The molecule has 0 bridgehead atoms. The molecule has 3 aromatic rings. The third kappa shape index (κ3) is 4.06. The number of hydrogen-bond acceptors (Lipinski definition) is 7. The zero-order valence-corrected chi connectivity index (χ0v) is 20.2. The summed E-state index contributed by atoms with van der Waals surface area (Å²) in [5, 5.41) is 10.6. The standard InChI is InChI=1S/C24H28N6O2S/c1-15(2)5-9-28(10-6-16(3)4)13-19-26-27-23(32-19)20-21-17-7-11-29(17)24(31)22-18(8-12-33-22)30(21)14-25-20/h5-6,8,12,14,17H,7,9-11,13H2,1-4H3/t17-/m0/s1. The van der Waals surface area contributed by atoms with Crippen molar-refractivity contribution in [3.8, 4) is 17.3 Å².